The van der Waals surface area contributed by atoms with Crippen LogP contribution in [-0.2, 0) is 19.1 Å². The molecule has 0 bridgehead atoms. The summed E-state index contributed by atoms with van der Waals surface area (Å²) in [5.74, 6) is -4.64. The van der Waals surface area contributed by atoms with E-state index in [0.717, 1.165) is 0 Å². The van der Waals surface area contributed by atoms with Gasteiger partial charge in [0.25, 0.3) is 5.78 Å². The highest BCUT2D eigenvalue weighted by Crippen LogP contribution is 2.16. The Kier molecular flexibility index (Phi) is 5.32. The Labute approximate surface area is 101 Å². The van der Waals surface area contributed by atoms with Gasteiger partial charge in [0.15, 0.2) is 0 Å². The number of carbonyl (C=O) groups excluding carboxylic acids is 2. The van der Waals surface area contributed by atoms with Crippen molar-refractivity contribution in [2.45, 2.75) is 46.6 Å². The summed E-state index contributed by atoms with van der Waals surface area (Å²) >= 11 is 0. The van der Waals surface area contributed by atoms with Crippen LogP contribution in [-0.4, -0.2) is 28.4 Å². The first-order chi connectivity index (χ1) is 7.54. The largest absolute Gasteiger partial charge is 0.481 e. The molecule has 0 spiro atoms. The number of carbonyl (C=O) groups is 3. The molecule has 0 radical (unpaired) electrons. The summed E-state index contributed by atoms with van der Waals surface area (Å²) in [6.45, 7) is 8.44. The minimum atomic E-state index is -1.31. The van der Waals surface area contributed by atoms with E-state index in [2.05, 4.69) is 0 Å². The number of carboxylic acid groups (broad SMARTS) is 1. The van der Waals surface area contributed by atoms with Gasteiger partial charge in [0, 0.05) is 0 Å². The van der Waals surface area contributed by atoms with Crippen LogP contribution >= 0.6 is 0 Å². The molecule has 5 heteroatoms. The number of esters is 1. The maximum atomic E-state index is 11.6. The van der Waals surface area contributed by atoms with E-state index < -0.39 is 29.2 Å². The number of aliphatic carboxylic acids is 1. The van der Waals surface area contributed by atoms with Gasteiger partial charge in [-0.25, -0.2) is 4.79 Å². The van der Waals surface area contributed by atoms with Crippen molar-refractivity contribution in [1.82, 2.24) is 0 Å². The van der Waals surface area contributed by atoms with Crippen molar-refractivity contribution >= 4 is 17.7 Å². The van der Waals surface area contributed by atoms with Crippen LogP contribution in [0.5, 0.6) is 0 Å². The smallest absolute Gasteiger partial charge is 0.376 e. The van der Waals surface area contributed by atoms with Crippen molar-refractivity contribution in [2.75, 3.05) is 0 Å². The quantitative estimate of drug-likeness (QED) is 0.452. The van der Waals surface area contributed by atoms with Crippen LogP contribution in [0.3, 0.4) is 0 Å². The van der Waals surface area contributed by atoms with E-state index in [-0.39, 0.29) is 12.3 Å². The Hall–Kier alpha value is -1.39. The first kappa shape index (κ1) is 15.6. The second-order valence-electron chi connectivity index (χ2n) is 5.39. The summed E-state index contributed by atoms with van der Waals surface area (Å²) in [5.41, 5.74) is -0.798. The number of Topliss-reactive ketones (excluding diaryl/α,β-unsaturated/α-hetero) is 1. The topological polar surface area (TPSA) is 80.7 Å². The van der Waals surface area contributed by atoms with Crippen molar-refractivity contribution < 1.29 is 24.2 Å². The molecule has 0 heterocycles. The Bertz CT molecular complexity index is 311. The molecule has 98 valence electrons. The van der Waals surface area contributed by atoms with Gasteiger partial charge < -0.3 is 9.84 Å². The zero-order valence-electron chi connectivity index (χ0n) is 10.9. The second-order valence-corrected chi connectivity index (χ2v) is 5.39. The number of hydrogen-bond donors (Lipinski definition) is 1. The lowest BCUT2D eigenvalue weighted by Crippen LogP contribution is -2.36. The van der Waals surface area contributed by atoms with Gasteiger partial charge in [0.2, 0.25) is 0 Å². The number of hydrogen-bond acceptors (Lipinski definition) is 4. The minimum absolute atomic E-state index is 0.0162. The molecule has 0 aliphatic heterocycles. The van der Waals surface area contributed by atoms with Crippen LogP contribution in [0.2, 0.25) is 0 Å². The predicted octanol–water partition coefficient (Wildman–Crippen LogP) is 1.64. The highest BCUT2D eigenvalue weighted by Gasteiger charge is 2.34. The second kappa shape index (κ2) is 5.80. The van der Waals surface area contributed by atoms with E-state index in [1.165, 1.54) is 0 Å². The van der Waals surface area contributed by atoms with Gasteiger partial charge in [-0.15, -0.1) is 0 Å². The standard InChI is InChI=1S/C12H20O5/c1-7(2)6-8(10(14)15)9(13)11(16)17-12(3,4)5/h7-8H,6H2,1-5H3,(H,14,15). The van der Waals surface area contributed by atoms with Crippen molar-refractivity contribution in [2.24, 2.45) is 11.8 Å². The average Bonchev–Trinajstić information content (AvgIpc) is 2.09. The van der Waals surface area contributed by atoms with Crippen molar-refractivity contribution in [1.29, 1.82) is 0 Å². The fourth-order valence-electron chi connectivity index (χ4n) is 1.26. The Morgan fingerprint density at radius 3 is 1.94 bits per heavy atom. The number of ketones is 1. The normalized spacial score (nSPS) is 13.3. The first-order valence-corrected chi connectivity index (χ1v) is 5.54. The molecule has 1 N–H and O–H groups in total. The third-order valence-electron chi connectivity index (χ3n) is 1.92. The molecule has 0 fully saturated rings. The van der Waals surface area contributed by atoms with Crippen LogP contribution < -0.4 is 0 Å². The lowest BCUT2D eigenvalue weighted by atomic mass is 9.93. The van der Waals surface area contributed by atoms with E-state index in [1.54, 1.807) is 34.6 Å². The molecule has 0 aromatic carbocycles. The SMILES string of the molecule is CC(C)CC(C(=O)O)C(=O)C(=O)OC(C)(C)C. The maximum absolute atomic E-state index is 11.6. The van der Waals surface area contributed by atoms with Crippen LogP contribution in [0.15, 0.2) is 0 Å². The van der Waals surface area contributed by atoms with Crippen LogP contribution in [0.25, 0.3) is 0 Å². The molecule has 0 amide bonds. The molecular formula is C12H20O5. The van der Waals surface area contributed by atoms with E-state index in [4.69, 9.17) is 9.84 Å². The van der Waals surface area contributed by atoms with E-state index >= 15 is 0 Å². The maximum Gasteiger partial charge on any atom is 0.376 e. The van der Waals surface area contributed by atoms with Crippen molar-refractivity contribution in [3.8, 4) is 0 Å². The monoisotopic (exact) mass is 244 g/mol. The lowest BCUT2D eigenvalue weighted by Gasteiger charge is -2.20. The van der Waals surface area contributed by atoms with E-state index in [9.17, 15) is 14.4 Å². The molecule has 1 atom stereocenters. The fraction of sp³-hybridized carbons (Fsp3) is 0.750. The first-order valence-electron chi connectivity index (χ1n) is 5.54. The van der Waals surface area contributed by atoms with Gasteiger partial charge >= 0.3 is 11.9 Å². The zero-order valence-corrected chi connectivity index (χ0v) is 10.9. The molecule has 0 rings (SSSR count). The number of ether oxygens (including phenoxy) is 1. The molecule has 0 aliphatic rings. The summed E-state index contributed by atoms with van der Waals surface area (Å²) in [6.07, 6.45) is 0.132. The predicted molar refractivity (Wildman–Crippen MR) is 61.4 cm³/mol. The van der Waals surface area contributed by atoms with Gasteiger partial charge in [0.1, 0.15) is 11.5 Å². The molecule has 0 aliphatic carbocycles. The van der Waals surface area contributed by atoms with Gasteiger partial charge in [-0.2, -0.15) is 0 Å². The third kappa shape index (κ3) is 6.04. The van der Waals surface area contributed by atoms with Gasteiger partial charge in [-0.3, -0.25) is 9.59 Å². The highest BCUT2D eigenvalue weighted by molar-refractivity contribution is 6.37. The van der Waals surface area contributed by atoms with Crippen molar-refractivity contribution in [3.05, 3.63) is 0 Å². The molecule has 0 saturated heterocycles. The zero-order chi connectivity index (χ0) is 13.8. The minimum Gasteiger partial charge on any atom is -0.481 e. The molecule has 0 aromatic heterocycles. The van der Waals surface area contributed by atoms with Crippen molar-refractivity contribution in [3.63, 3.8) is 0 Å². The summed E-state index contributed by atoms with van der Waals surface area (Å²) in [5, 5.41) is 8.91. The van der Waals surface area contributed by atoms with Crippen LogP contribution in [0.4, 0.5) is 0 Å². The third-order valence-corrected chi connectivity index (χ3v) is 1.92. The summed E-state index contributed by atoms with van der Waals surface area (Å²) in [6, 6.07) is 0. The van der Waals surface area contributed by atoms with Gasteiger partial charge in [0.05, 0.1) is 0 Å². The lowest BCUT2D eigenvalue weighted by molar-refractivity contribution is -0.167. The van der Waals surface area contributed by atoms with E-state index in [0.29, 0.717) is 0 Å². The highest BCUT2D eigenvalue weighted by atomic mass is 16.6. The van der Waals surface area contributed by atoms with Gasteiger partial charge in [-0.05, 0) is 33.1 Å². The molecule has 17 heavy (non-hydrogen) atoms. The van der Waals surface area contributed by atoms with E-state index in [1.807, 2.05) is 0 Å². The molecule has 1 unspecified atom stereocenters. The molecule has 5 nitrogen and oxygen atoms in total. The Morgan fingerprint density at radius 1 is 1.18 bits per heavy atom. The molecular weight excluding hydrogens is 224 g/mol. The summed E-state index contributed by atoms with van der Waals surface area (Å²) in [7, 11) is 0. The Morgan fingerprint density at radius 2 is 1.65 bits per heavy atom. The average molecular weight is 244 g/mol. The van der Waals surface area contributed by atoms with Crippen LogP contribution in [0.1, 0.15) is 41.0 Å². The van der Waals surface area contributed by atoms with Gasteiger partial charge in [-0.1, -0.05) is 13.8 Å². The Balaban J connectivity index is 4.74. The molecule has 0 aromatic rings. The summed E-state index contributed by atoms with van der Waals surface area (Å²) in [4.78, 5) is 34.0. The fourth-order valence-corrected chi connectivity index (χ4v) is 1.26. The summed E-state index contributed by atoms with van der Waals surface area (Å²) < 4.78 is 4.86. The number of carboxylic acids is 1. The van der Waals surface area contributed by atoms with Crippen LogP contribution in [0, 0.1) is 11.8 Å². The molecule has 0 saturated carbocycles. The number of rotatable bonds is 5.